The van der Waals surface area contributed by atoms with Gasteiger partial charge in [-0.1, -0.05) is 15.9 Å². The Bertz CT molecular complexity index is 1080. The van der Waals surface area contributed by atoms with E-state index in [1.165, 1.54) is 4.68 Å². The van der Waals surface area contributed by atoms with Crippen LogP contribution >= 0.6 is 15.9 Å². The summed E-state index contributed by atoms with van der Waals surface area (Å²) in [6.07, 6.45) is 1.56. The van der Waals surface area contributed by atoms with Gasteiger partial charge in [0.25, 0.3) is 11.5 Å². The first kappa shape index (κ1) is 20.8. The summed E-state index contributed by atoms with van der Waals surface area (Å²) in [5.74, 6) is 0.00407. The Balaban J connectivity index is 1.82. The number of aliphatic imine (C=N–C) groups is 1. The molecule has 0 aliphatic carbocycles. The van der Waals surface area contributed by atoms with Crippen molar-refractivity contribution in [2.75, 3.05) is 13.1 Å². The summed E-state index contributed by atoms with van der Waals surface area (Å²) >= 11 is 3.39. The van der Waals surface area contributed by atoms with Gasteiger partial charge in [-0.3, -0.25) is 19.7 Å². The molecule has 0 unspecified atom stereocenters. The highest BCUT2D eigenvalue weighted by Gasteiger charge is 2.12. The molecule has 29 heavy (non-hydrogen) atoms. The van der Waals surface area contributed by atoms with Crippen LogP contribution in [-0.4, -0.2) is 39.9 Å². The molecule has 0 aliphatic heterocycles. The Morgan fingerprint density at radius 1 is 1.10 bits per heavy atom. The number of benzene rings is 2. The minimum absolute atomic E-state index is 0.00407. The van der Waals surface area contributed by atoms with Crippen LogP contribution in [0.1, 0.15) is 35.5 Å². The van der Waals surface area contributed by atoms with Crippen LogP contribution < -0.4 is 5.56 Å². The molecule has 6 nitrogen and oxygen atoms in total. The van der Waals surface area contributed by atoms with Crippen molar-refractivity contribution in [3.63, 3.8) is 0 Å². The van der Waals surface area contributed by atoms with E-state index in [9.17, 15) is 9.59 Å². The van der Waals surface area contributed by atoms with Gasteiger partial charge in [0.15, 0.2) is 0 Å². The summed E-state index contributed by atoms with van der Waals surface area (Å²) in [5, 5.41) is 3.08. The normalized spacial score (nSPS) is 11.2. The second kappa shape index (κ2) is 9.05. The van der Waals surface area contributed by atoms with Gasteiger partial charge in [0.05, 0.1) is 16.9 Å². The molecule has 7 heteroatoms. The molecule has 0 atom stereocenters. The van der Waals surface area contributed by atoms with E-state index in [0.717, 1.165) is 15.9 Å². The number of aromatic nitrogens is 2. The third-order valence-electron chi connectivity index (χ3n) is 4.71. The van der Waals surface area contributed by atoms with E-state index in [0.29, 0.717) is 29.9 Å². The van der Waals surface area contributed by atoms with Crippen molar-refractivity contribution < 1.29 is 4.79 Å². The van der Waals surface area contributed by atoms with E-state index in [4.69, 9.17) is 0 Å². The van der Waals surface area contributed by atoms with Gasteiger partial charge < -0.3 is 4.90 Å². The third kappa shape index (κ3) is 4.56. The molecule has 0 aliphatic rings. The zero-order valence-corrected chi connectivity index (χ0v) is 18.2. The average Bonchev–Trinajstić information content (AvgIpc) is 3.02. The molecular weight excluding hydrogens is 432 g/mol. The molecule has 0 spiro atoms. The topological polar surface area (TPSA) is 70.5 Å². The molecule has 0 saturated carbocycles. The van der Waals surface area contributed by atoms with Gasteiger partial charge in [0, 0.05) is 35.0 Å². The maximum Gasteiger partial charge on any atom is 0.280 e. The lowest BCUT2D eigenvalue weighted by atomic mass is 10.2. The number of carbonyl (C=O) groups is 1. The first-order valence-electron chi connectivity index (χ1n) is 9.45. The summed E-state index contributed by atoms with van der Waals surface area (Å²) in [5.41, 5.74) is 3.12. The second-order valence-corrected chi connectivity index (χ2v) is 7.47. The van der Waals surface area contributed by atoms with Crippen LogP contribution in [-0.2, 0) is 0 Å². The number of aromatic amines is 1. The standard InChI is InChI=1S/C22H23BrN4O2/c1-4-26(5-2)21(28)16-6-10-18(11-7-16)24-14-20-15(3)25-27(22(20)29)19-12-8-17(23)9-13-19/h6-14,25H,4-5H2,1-3H3. The number of carbonyl (C=O) groups excluding carboxylic acids is 1. The highest BCUT2D eigenvalue weighted by molar-refractivity contribution is 9.10. The van der Waals surface area contributed by atoms with E-state index in [1.54, 1.807) is 35.4 Å². The molecule has 1 heterocycles. The maximum absolute atomic E-state index is 12.8. The number of nitrogens with zero attached hydrogens (tertiary/aromatic N) is 3. The van der Waals surface area contributed by atoms with Crippen molar-refractivity contribution >= 4 is 33.7 Å². The van der Waals surface area contributed by atoms with E-state index in [2.05, 4.69) is 26.0 Å². The average molecular weight is 455 g/mol. The zero-order chi connectivity index (χ0) is 21.0. The van der Waals surface area contributed by atoms with Gasteiger partial charge in [-0.25, -0.2) is 4.68 Å². The van der Waals surface area contributed by atoms with Crippen molar-refractivity contribution in [3.8, 4) is 5.69 Å². The minimum atomic E-state index is -0.165. The van der Waals surface area contributed by atoms with E-state index in [-0.39, 0.29) is 11.5 Å². The van der Waals surface area contributed by atoms with Gasteiger partial charge in [-0.2, -0.15) is 0 Å². The van der Waals surface area contributed by atoms with Crippen LogP contribution in [0, 0.1) is 6.92 Å². The minimum Gasteiger partial charge on any atom is -0.339 e. The Hall–Kier alpha value is -2.93. The molecule has 0 radical (unpaired) electrons. The van der Waals surface area contributed by atoms with Gasteiger partial charge in [0.1, 0.15) is 0 Å². The fraction of sp³-hybridized carbons (Fsp3) is 0.227. The second-order valence-electron chi connectivity index (χ2n) is 6.55. The van der Waals surface area contributed by atoms with Gasteiger partial charge in [-0.05, 0) is 69.3 Å². The molecule has 3 rings (SSSR count). The van der Waals surface area contributed by atoms with Gasteiger partial charge in [-0.15, -0.1) is 0 Å². The first-order chi connectivity index (χ1) is 13.9. The predicted molar refractivity (Wildman–Crippen MR) is 120 cm³/mol. The van der Waals surface area contributed by atoms with Crippen molar-refractivity contribution in [2.24, 2.45) is 4.99 Å². The van der Waals surface area contributed by atoms with Crippen LogP contribution in [0.5, 0.6) is 0 Å². The Morgan fingerprint density at radius 2 is 1.72 bits per heavy atom. The smallest absolute Gasteiger partial charge is 0.280 e. The Kier molecular flexibility index (Phi) is 6.49. The summed E-state index contributed by atoms with van der Waals surface area (Å²) in [6.45, 7) is 7.10. The number of rotatable bonds is 6. The van der Waals surface area contributed by atoms with Crippen LogP contribution in [0.25, 0.3) is 5.69 Å². The first-order valence-corrected chi connectivity index (χ1v) is 10.2. The molecule has 150 valence electrons. The highest BCUT2D eigenvalue weighted by atomic mass is 79.9. The summed E-state index contributed by atoms with van der Waals surface area (Å²) in [6, 6.07) is 14.6. The molecule has 1 aromatic heterocycles. The van der Waals surface area contributed by atoms with E-state index < -0.39 is 0 Å². The summed E-state index contributed by atoms with van der Waals surface area (Å²) < 4.78 is 2.44. The zero-order valence-electron chi connectivity index (χ0n) is 16.6. The molecule has 1 amide bonds. The fourth-order valence-corrected chi connectivity index (χ4v) is 3.27. The largest absolute Gasteiger partial charge is 0.339 e. The molecule has 3 aromatic rings. The Morgan fingerprint density at radius 3 is 2.31 bits per heavy atom. The maximum atomic E-state index is 12.8. The monoisotopic (exact) mass is 454 g/mol. The lowest BCUT2D eigenvalue weighted by Crippen LogP contribution is -2.30. The van der Waals surface area contributed by atoms with Crippen molar-refractivity contribution in [2.45, 2.75) is 20.8 Å². The number of halogens is 1. The molecule has 1 N–H and O–H groups in total. The van der Waals surface area contributed by atoms with Crippen molar-refractivity contribution in [3.05, 3.63) is 80.2 Å². The van der Waals surface area contributed by atoms with Crippen molar-refractivity contribution in [1.29, 1.82) is 0 Å². The molecular formula is C22H23BrN4O2. The van der Waals surface area contributed by atoms with Crippen molar-refractivity contribution in [1.82, 2.24) is 14.7 Å². The quantitative estimate of drug-likeness (QED) is 0.558. The number of hydrogen-bond acceptors (Lipinski definition) is 3. The number of hydrogen-bond donors (Lipinski definition) is 1. The fourth-order valence-electron chi connectivity index (χ4n) is 3.01. The third-order valence-corrected chi connectivity index (χ3v) is 5.24. The van der Waals surface area contributed by atoms with Crippen LogP contribution in [0.3, 0.4) is 0 Å². The Labute approximate surface area is 178 Å². The summed E-state index contributed by atoms with van der Waals surface area (Å²) in [7, 11) is 0. The van der Waals surface area contributed by atoms with Crippen LogP contribution in [0.15, 0.2) is 62.8 Å². The van der Waals surface area contributed by atoms with Crippen LogP contribution in [0.4, 0.5) is 5.69 Å². The van der Waals surface area contributed by atoms with E-state index in [1.807, 2.05) is 45.0 Å². The number of nitrogens with one attached hydrogen (secondary N) is 1. The number of aryl methyl sites for hydroxylation is 1. The predicted octanol–water partition coefficient (Wildman–Crippen LogP) is 4.47. The molecule has 2 aromatic carbocycles. The lowest BCUT2D eigenvalue weighted by Gasteiger charge is -2.18. The number of H-pyrrole nitrogens is 1. The highest BCUT2D eigenvalue weighted by Crippen LogP contribution is 2.16. The molecule has 0 saturated heterocycles. The van der Waals surface area contributed by atoms with Gasteiger partial charge >= 0.3 is 0 Å². The van der Waals surface area contributed by atoms with E-state index >= 15 is 0 Å². The lowest BCUT2D eigenvalue weighted by molar-refractivity contribution is 0.0773. The molecule has 0 fully saturated rings. The molecule has 0 bridgehead atoms. The summed E-state index contributed by atoms with van der Waals surface area (Å²) in [4.78, 5) is 31.3. The van der Waals surface area contributed by atoms with Crippen LogP contribution in [0.2, 0.25) is 0 Å². The number of amides is 1. The SMILES string of the molecule is CCN(CC)C(=O)c1ccc(N=Cc2c(C)[nH]n(-c3ccc(Br)cc3)c2=O)cc1. The van der Waals surface area contributed by atoms with Gasteiger partial charge in [0.2, 0.25) is 0 Å².